The highest BCUT2D eigenvalue weighted by molar-refractivity contribution is 5.76. The number of rotatable bonds is 3. The fourth-order valence-corrected chi connectivity index (χ4v) is 2.10. The molecule has 0 aliphatic heterocycles. The maximum atomic E-state index is 10.9. The summed E-state index contributed by atoms with van der Waals surface area (Å²) in [6.07, 6.45) is 4.08. The summed E-state index contributed by atoms with van der Waals surface area (Å²) in [5.74, 6) is -0.0707. The molecule has 1 aliphatic rings. The fourth-order valence-electron chi connectivity index (χ4n) is 2.10. The Hall–Kier alpha value is -0.930. The van der Waals surface area contributed by atoms with E-state index in [1.54, 1.807) is 0 Å². The molecule has 1 fully saturated rings. The van der Waals surface area contributed by atoms with Crippen molar-refractivity contribution in [2.24, 2.45) is 0 Å². The second kappa shape index (κ2) is 3.85. The summed E-state index contributed by atoms with van der Waals surface area (Å²) in [5.41, 5.74) is -0.927. The summed E-state index contributed by atoms with van der Waals surface area (Å²) in [6, 6.07) is 0. The molecule has 0 saturated heterocycles. The minimum absolute atomic E-state index is 0.0707. The van der Waals surface area contributed by atoms with Crippen molar-refractivity contribution in [2.45, 2.75) is 51.0 Å². The molecule has 0 amide bonds. The number of nitro groups is 1. The largest absolute Gasteiger partial charge is 0.300 e. The number of hydrogen-bond donors (Lipinski definition) is 0. The Labute approximate surface area is 77.5 Å². The summed E-state index contributed by atoms with van der Waals surface area (Å²) >= 11 is 0. The van der Waals surface area contributed by atoms with Gasteiger partial charge in [-0.3, -0.25) is 14.9 Å². The van der Waals surface area contributed by atoms with Gasteiger partial charge in [-0.15, -0.1) is 0 Å². The lowest BCUT2D eigenvalue weighted by molar-refractivity contribution is -0.573. The van der Waals surface area contributed by atoms with Gasteiger partial charge < -0.3 is 0 Å². The molecular formula is C9H15NO3. The topological polar surface area (TPSA) is 60.2 Å². The molecule has 4 heteroatoms. The lowest BCUT2D eigenvalue weighted by Crippen LogP contribution is -2.41. The summed E-state index contributed by atoms with van der Waals surface area (Å²) in [6.45, 7) is 1.43. The van der Waals surface area contributed by atoms with Gasteiger partial charge in [-0.1, -0.05) is 6.42 Å². The van der Waals surface area contributed by atoms with E-state index in [2.05, 4.69) is 0 Å². The molecule has 4 nitrogen and oxygen atoms in total. The molecule has 1 rings (SSSR count). The van der Waals surface area contributed by atoms with E-state index >= 15 is 0 Å². The smallest absolute Gasteiger partial charge is 0.229 e. The van der Waals surface area contributed by atoms with Crippen molar-refractivity contribution >= 4 is 5.78 Å². The molecule has 0 atom stereocenters. The average Bonchev–Trinajstić information content (AvgIpc) is 2.04. The lowest BCUT2D eigenvalue weighted by Gasteiger charge is -2.27. The van der Waals surface area contributed by atoms with E-state index in [0.29, 0.717) is 12.8 Å². The van der Waals surface area contributed by atoms with Gasteiger partial charge in [0.15, 0.2) is 0 Å². The number of carbonyl (C=O) groups excluding carboxylic acids is 1. The maximum Gasteiger partial charge on any atom is 0.229 e. The molecule has 1 saturated carbocycles. The van der Waals surface area contributed by atoms with Crippen LogP contribution in [0.4, 0.5) is 0 Å². The van der Waals surface area contributed by atoms with E-state index in [1.807, 2.05) is 0 Å². The molecule has 0 aromatic rings. The highest BCUT2D eigenvalue weighted by atomic mass is 16.6. The first-order valence-electron chi connectivity index (χ1n) is 4.71. The van der Waals surface area contributed by atoms with Crippen molar-refractivity contribution in [1.82, 2.24) is 0 Å². The lowest BCUT2D eigenvalue weighted by atomic mass is 9.79. The number of nitrogens with zero attached hydrogens (tertiary/aromatic N) is 1. The second-order valence-corrected chi connectivity index (χ2v) is 3.92. The Balaban J connectivity index is 2.73. The van der Waals surface area contributed by atoms with Gasteiger partial charge in [-0.2, -0.15) is 0 Å². The summed E-state index contributed by atoms with van der Waals surface area (Å²) in [7, 11) is 0. The Bertz CT molecular complexity index is 219. The van der Waals surface area contributed by atoms with Crippen LogP contribution in [0.3, 0.4) is 0 Å². The van der Waals surface area contributed by atoms with Crippen LogP contribution in [0.2, 0.25) is 0 Å². The summed E-state index contributed by atoms with van der Waals surface area (Å²) in [5, 5.41) is 10.9. The van der Waals surface area contributed by atoms with Crippen LogP contribution in [-0.2, 0) is 4.79 Å². The summed E-state index contributed by atoms with van der Waals surface area (Å²) < 4.78 is 0. The molecule has 0 N–H and O–H groups in total. The molecule has 0 aromatic heterocycles. The molecule has 1 aliphatic carbocycles. The normalized spacial score (nSPS) is 21.0. The van der Waals surface area contributed by atoms with Gasteiger partial charge in [0.05, 0.1) is 6.42 Å². The first-order valence-corrected chi connectivity index (χ1v) is 4.71. The van der Waals surface area contributed by atoms with Gasteiger partial charge >= 0.3 is 0 Å². The van der Waals surface area contributed by atoms with Crippen LogP contribution in [0.5, 0.6) is 0 Å². The van der Waals surface area contributed by atoms with Crippen LogP contribution in [0.25, 0.3) is 0 Å². The van der Waals surface area contributed by atoms with E-state index in [9.17, 15) is 14.9 Å². The van der Waals surface area contributed by atoms with Gasteiger partial charge in [0, 0.05) is 17.8 Å². The van der Waals surface area contributed by atoms with Crippen LogP contribution in [0.15, 0.2) is 0 Å². The summed E-state index contributed by atoms with van der Waals surface area (Å²) in [4.78, 5) is 21.5. The minimum Gasteiger partial charge on any atom is -0.300 e. The Morgan fingerprint density at radius 1 is 1.38 bits per heavy atom. The van der Waals surface area contributed by atoms with Gasteiger partial charge in [0.1, 0.15) is 5.78 Å². The molecule has 0 unspecified atom stereocenters. The SMILES string of the molecule is CC(=O)CC1([N+](=O)[O-])CCCCC1. The molecule has 0 radical (unpaired) electrons. The van der Waals surface area contributed by atoms with Crippen LogP contribution in [-0.4, -0.2) is 16.2 Å². The highest BCUT2D eigenvalue weighted by Gasteiger charge is 2.44. The standard InChI is InChI=1S/C9H15NO3/c1-8(11)7-9(10(12)13)5-3-2-4-6-9/h2-7H2,1H3. The third kappa shape index (κ3) is 2.26. The van der Waals surface area contributed by atoms with Crippen molar-refractivity contribution in [3.05, 3.63) is 10.1 Å². The van der Waals surface area contributed by atoms with E-state index in [1.165, 1.54) is 6.92 Å². The molecule has 13 heavy (non-hydrogen) atoms. The van der Waals surface area contributed by atoms with Gasteiger partial charge in [0.2, 0.25) is 5.54 Å². The van der Waals surface area contributed by atoms with Crippen molar-refractivity contribution in [2.75, 3.05) is 0 Å². The zero-order valence-corrected chi connectivity index (χ0v) is 7.91. The average molecular weight is 185 g/mol. The molecule has 0 aromatic carbocycles. The molecule has 0 spiro atoms. The Morgan fingerprint density at radius 2 is 1.92 bits per heavy atom. The monoisotopic (exact) mass is 185 g/mol. The molecular weight excluding hydrogens is 170 g/mol. The number of ketones is 1. The van der Waals surface area contributed by atoms with Gasteiger partial charge in [-0.05, 0) is 19.8 Å². The predicted octanol–water partition coefficient (Wildman–Crippen LogP) is 1.95. The highest BCUT2D eigenvalue weighted by Crippen LogP contribution is 2.33. The molecule has 0 bridgehead atoms. The minimum atomic E-state index is -0.927. The van der Waals surface area contributed by atoms with Gasteiger partial charge in [0.25, 0.3) is 0 Å². The predicted molar refractivity (Wildman–Crippen MR) is 48.1 cm³/mol. The van der Waals surface area contributed by atoms with Crippen molar-refractivity contribution in [1.29, 1.82) is 0 Å². The van der Waals surface area contributed by atoms with Crippen molar-refractivity contribution < 1.29 is 9.72 Å². The van der Waals surface area contributed by atoms with E-state index in [-0.39, 0.29) is 17.1 Å². The van der Waals surface area contributed by atoms with E-state index in [0.717, 1.165) is 19.3 Å². The van der Waals surface area contributed by atoms with Crippen LogP contribution >= 0.6 is 0 Å². The Morgan fingerprint density at radius 3 is 2.31 bits per heavy atom. The third-order valence-corrected chi connectivity index (χ3v) is 2.75. The number of hydrogen-bond acceptors (Lipinski definition) is 3. The fraction of sp³-hybridized carbons (Fsp3) is 0.889. The maximum absolute atomic E-state index is 10.9. The van der Waals surface area contributed by atoms with Crippen molar-refractivity contribution in [3.63, 3.8) is 0 Å². The molecule has 74 valence electrons. The van der Waals surface area contributed by atoms with Crippen molar-refractivity contribution in [3.8, 4) is 0 Å². The quantitative estimate of drug-likeness (QED) is 0.498. The van der Waals surface area contributed by atoms with Crippen LogP contribution in [0, 0.1) is 10.1 Å². The first kappa shape index (κ1) is 10.2. The van der Waals surface area contributed by atoms with Gasteiger partial charge in [-0.25, -0.2) is 0 Å². The zero-order valence-electron chi connectivity index (χ0n) is 7.91. The second-order valence-electron chi connectivity index (χ2n) is 3.92. The first-order chi connectivity index (χ1) is 6.07. The van der Waals surface area contributed by atoms with E-state index < -0.39 is 5.54 Å². The zero-order chi connectivity index (χ0) is 9.90. The third-order valence-electron chi connectivity index (χ3n) is 2.75. The van der Waals surface area contributed by atoms with E-state index in [4.69, 9.17) is 0 Å². The number of carbonyl (C=O) groups is 1. The van der Waals surface area contributed by atoms with Crippen LogP contribution < -0.4 is 0 Å². The molecule has 0 heterocycles. The Kier molecular flexibility index (Phi) is 3.01. The van der Waals surface area contributed by atoms with Crippen LogP contribution in [0.1, 0.15) is 45.4 Å². The number of Topliss-reactive ketones (excluding diaryl/α,β-unsaturated/α-hetero) is 1.